The van der Waals surface area contributed by atoms with Crippen LogP contribution >= 0.6 is 0 Å². The summed E-state index contributed by atoms with van der Waals surface area (Å²) in [6.45, 7) is 3.49. The zero-order valence-electron chi connectivity index (χ0n) is 20.2. The second kappa shape index (κ2) is 8.63. The van der Waals surface area contributed by atoms with Crippen molar-refractivity contribution < 1.29 is 24.2 Å². The van der Waals surface area contributed by atoms with E-state index >= 15 is 0 Å². The summed E-state index contributed by atoms with van der Waals surface area (Å²) in [6, 6.07) is 7.55. The number of ether oxygens (including phenoxy) is 1. The molecule has 0 bridgehead atoms. The van der Waals surface area contributed by atoms with Gasteiger partial charge in [0.25, 0.3) is 0 Å². The molecule has 3 aliphatic heterocycles. The number of hydrogen-bond donors (Lipinski definition) is 2. The molecule has 1 unspecified atom stereocenters. The number of fused-ring (bicyclic) bond motifs is 2. The van der Waals surface area contributed by atoms with Crippen LogP contribution in [0.3, 0.4) is 0 Å². The van der Waals surface area contributed by atoms with E-state index in [9.17, 15) is 19.5 Å². The molecular formula is C26H25N6O5+. The number of nitrogens with zero attached hydrogens (tertiary/aromatic N) is 5. The molecule has 1 atom stereocenters. The number of amides is 3. The minimum atomic E-state index is -1.23. The molecular weight excluding hydrogens is 476 g/mol. The van der Waals surface area contributed by atoms with Gasteiger partial charge in [0, 0.05) is 56.2 Å². The topological polar surface area (TPSA) is 135 Å². The average Bonchev–Trinajstić information content (AvgIpc) is 3.51. The number of pyridine rings is 1. The van der Waals surface area contributed by atoms with E-state index in [1.54, 1.807) is 18.2 Å². The van der Waals surface area contributed by atoms with Crippen LogP contribution in [-0.4, -0.2) is 63.7 Å². The molecule has 1 aromatic carbocycles. The molecule has 0 saturated carbocycles. The molecule has 37 heavy (non-hydrogen) atoms. The van der Waals surface area contributed by atoms with Crippen LogP contribution in [0.25, 0.3) is 0 Å². The maximum absolute atomic E-state index is 13.3. The van der Waals surface area contributed by atoms with E-state index in [1.165, 1.54) is 12.5 Å². The predicted molar refractivity (Wildman–Crippen MR) is 134 cm³/mol. The van der Waals surface area contributed by atoms with Gasteiger partial charge in [-0.3, -0.25) is 10.1 Å². The molecule has 188 valence electrons. The zero-order chi connectivity index (χ0) is 25.7. The summed E-state index contributed by atoms with van der Waals surface area (Å²) in [7, 11) is 0. The number of anilines is 2. The minimum absolute atomic E-state index is 0.190. The van der Waals surface area contributed by atoms with Crippen LogP contribution in [0.5, 0.6) is 5.75 Å². The van der Waals surface area contributed by atoms with Crippen molar-refractivity contribution in [2.75, 3.05) is 29.9 Å². The van der Waals surface area contributed by atoms with E-state index in [1.807, 2.05) is 24.0 Å². The number of rotatable bonds is 4. The first kappa shape index (κ1) is 23.0. The highest BCUT2D eigenvalue weighted by molar-refractivity contribution is 6.17. The zero-order valence-corrected chi connectivity index (χ0v) is 20.2. The number of carboxylic acid groups (broad SMARTS) is 1. The van der Waals surface area contributed by atoms with Crippen molar-refractivity contribution in [1.82, 2.24) is 19.4 Å². The molecule has 2 aromatic heterocycles. The van der Waals surface area contributed by atoms with Crippen LogP contribution in [0.2, 0.25) is 0 Å². The van der Waals surface area contributed by atoms with E-state index < -0.39 is 22.6 Å². The van der Waals surface area contributed by atoms with Gasteiger partial charge in [0.05, 0.1) is 6.61 Å². The number of imide groups is 1. The van der Waals surface area contributed by atoms with Gasteiger partial charge in [0.1, 0.15) is 29.6 Å². The molecule has 5 heterocycles. The van der Waals surface area contributed by atoms with Gasteiger partial charge >= 0.3 is 12.1 Å². The van der Waals surface area contributed by atoms with Crippen LogP contribution in [0, 0.1) is 6.92 Å². The predicted octanol–water partition coefficient (Wildman–Crippen LogP) is 3.55. The van der Waals surface area contributed by atoms with Gasteiger partial charge in [0.15, 0.2) is 5.69 Å². The summed E-state index contributed by atoms with van der Waals surface area (Å²) in [5.41, 5.74) is 3.15. The second-order valence-electron chi connectivity index (χ2n) is 9.50. The van der Waals surface area contributed by atoms with Gasteiger partial charge < -0.3 is 14.7 Å². The molecule has 2 N–H and O–H groups in total. The van der Waals surface area contributed by atoms with Crippen molar-refractivity contribution in [3.8, 4) is 5.75 Å². The fraction of sp³-hybridized carbons (Fsp3) is 0.308. The number of benzene rings is 1. The van der Waals surface area contributed by atoms with Crippen molar-refractivity contribution in [2.45, 2.75) is 32.2 Å². The third-order valence-corrected chi connectivity index (χ3v) is 7.47. The summed E-state index contributed by atoms with van der Waals surface area (Å²) in [4.78, 5) is 53.4. The lowest BCUT2D eigenvalue weighted by Crippen LogP contribution is -2.65. The number of ketones is 1. The summed E-state index contributed by atoms with van der Waals surface area (Å²) >= 11 is 0. The first-order valence-electron chi connectivity index (χ1n) is 12.2. The standard InChI is InChI=1S/C26H24N6O5/c1-15-11-17(12-16-6-10-37-23(15)16)22(33)19-13-21(29-14-28-19)31-8-4-18(5-9-31)32(26(35)36)20-3-2-7-27-24(20)30-25(32)34/h2-3,7,11-14,18H,4-6,8-10H2,1H3,(H-,27,30,34,35,36)/p+1. The molecule has 3 amide bonds. The van der Waals surface area contributed by atoms with E-state index in [4.69, 9.17) is 4.74 Å². The van der Waals surface area contributed by atoms with Gasteiger partial charge in [-0.05, 0) is 36.2 Å². The highest BCUT2D eigenvalue weighted by Gasteiger charge is 2.60. The fourth-order valence-corrected chi connectivity index (χ4v) is 5.69. The van der Waals surface area contributed by atoms with Crippen molar-refractivity contribution in [1.29, 1.82) is 0 Å². The molecule has 0 aliphatic carbocycles. The smallest absolute Gasteiger partial charge is 0.493 e. The molecule has 3 aromatic rings. The second-order valence-corrected chi connectivity index (χ2v) is 9.50. The molecule has 0 spiro atoms. The highest BCUT2D eigenvalue weighted by atomic mass is 16.5. The van der Waals surface area contributed by atoms with E-state index in [0.717, 1.165) is 23.3 Å². The Morgan fingerprint density at radius 1 is 1.16 bits per heavy atom. The van der Waals surface area contributed by atoms with Crippen LogP contribution in [0.1, 0.15) is 40.0 Å². The van der Waals surface area contributed by atoms with Gasteiger partial charge in [-0.2, -0.15) is 4.79 Å². The Labute approximate surface area is 212 Å². The van der Waals surface area contributed by atoms with Crippen LogP contribution in [-0.2, 0) is 6.42 Å². The van der Waals surface area contributed by atoms with Gasteiger partial charge in [0.2, 0.25) is 11.6 Å². The molecule has 3 aliphatic rings. The van der Waals surface area contributed by atoms with Gasteiger partial charge in [-0.15, -0.1) is 4.48 Å². The van der Waals surface area contributed by atoms with Gasteiger partial charge in [-0.1, -0.05) is 0 Å². The van der Waals surface area contributed by atoms with E-state index in [-0.39, 0.29) is 11.6 Å². The SMILES string of the molecule is Cc1cc(C(=O)c2cc(N3CCC([N+]4(C(=O)O)C(=O)Nc5ncccc54)CC3)ncn2)cc2c1OCC2. The van der Waals surface area contributed by atoms with Crippen LogP contribution in [0.4, 0.5) is 26.9 Å². The average molecular weight is 502 g/mol. The van der Waals surface area contributed by atoms with Gasteiger partial charge in [-0.25, -0.2) is 19.7 Å². The monoisotopic (exact) mass is 501 g/mol. The summed E-state index contributed by atoms with van der Waals surface area (Å²) in [5, 5.41) is 12.8. The highest BCUT2D eigenvalue weighted by Crippen LogP contribution is 2.42. The number of carbonyl (C=O) groups excluding carboxylic acids is 2. The number of piperidine rings is 1. The maximum Gasteiger partial charge on any atom is 0.528 e. The number of urea groups is 1. The van der Waals surface area contributed by atoms with E-state index in [2.05, 4.69) is 20.3 Å². The molecule has 11 nitrogen and oxygen atoms in total. The summed E-state index contributed by atoms with van der Waals surface area (Å²) in [5.74, 6) is 1.54. The molecule has 11 heteroatoms. The molecule has 6 rings (SSSR count). The minimum Gasteiger partial charge on any atom is -0.493 e. The number of nitrogens with one attached hydrogen (secondary N) is 1. The van der Waals surface area contributed by atoms with Crippen molar-refractivity contribution in [3.05, 3.63) is 65.2 Å². The fourth-order valence-electron chi connectivity index (χ4n) is 5.69. The third kappa shape index (κ3) is 3.53. The van der Waals surface area contributed by atoms with Crippen molar-refractivity contribution >= 4 is 35.2 Å². The maximum atomic E-state index is 13.3. The van der Waals surface area contributed by atoms with Crippen molar-refractivity contribution in [3.63, 3.8) is 0 Å². The van der Waals surface area contributed by atoms with E-state index in [0.29, 0.717) is 55.3 Å². The van der Waals surface area contributed by atoms with Crippen LogP contribution in [0.15, 0.2) is 42.9 Å². The number of hydrogen-bond acceptors (Lipinski definition) is 8. The summed E-state index contributed by atoms with van der Waals surface area (Å²) in [6.07, 6.45) is 3.31. The lowest BCUT2D eigenvalue weighted by atomic mass is 9.99. The number of aryl methyl sites for hydroxylation is 1. The largest absolute Gasteiger partial charge is 0.528 e. The molecule has 0 radical (unpaired) electrons. The normalized spacial score (nSPS) is 20.7. The first-order valence-corrected chi connectivity index (χ1v) is 12.2. The number of carbonyl (C=O) groups is 3. The Morgan fingerprint density at radius 3 is 2.76 bits per heavy atom. The Balaban J connectivity index is 1.22. The summed E-state index contributed by atoms with van der Waals surface area (Å²) < 4.78 is 4.84. The Hall–Kier alpha value is -4.38. The molecule has 1 fully saturated rings. The van der Waals surface area contributed by atoms with Crippen molar-refractivity contribution in [2.24, 2.45) is 0 Å². The lowest BCUT2D eigenvalue weighted by Gasteiger charge is -2.38. The Morgan fingerprint density at radius 2 is 1.97 bits per heavy atom. The van der Waals surface area contributed by atoms with Crippen LogP contribution < -0.4 is 19.4 Å². The molecule has 1 saturated heterocycles. The Kier molecular flexibility index (Phi) is 5.37. The quantitative estimate of drug-likeness (QED) is 0.406. The number of aromatic nitrogens is 3. The lowest BCUT2D eigenvalue weighted by molar-refractivity contribution is 0.103. The number of quaternary nitrogens is 1. The Bertz CT molecular complexity index is 1450. The first-order chi connectivity index (χ1) is 17.9. The third-order valence-electron chi connectivity index (χ3n) is 7.47.